The van der Waals surface area contributed by atoms with E-state index in [1.807, 2.05) is 0 Å². The van der Waals surface area contributed by atoms with E-state index in [0.29, 0.717) is 12.1 Å². The van der Waals surface area contributed by atoms with Crippen LogP contribution in [0.1, 0.15) is 26.3 Å². The van der Waals surface area contributed by atoms with Crippen LogP contribution in [0.3, 0.4) is 0 Å². The van der Waals surface area contributed by atoms with Crippen molar-refractivity contribution in [3.8, 4) is 0 Å². The van der Waals surface area contributed by atoms with Crippen LogP contribution in [-0.2, 0) is 6.42 Å². The molecule has 0 aliphatic carbocycles. The summed E-state index contributed by atoms with van der Waals surface area (Å²) in [4.78, 5) is 2.52. The first kappa shape index (κ1) is 11.5. The number of piperazine rings is 1. The molecule has 1 aromatic carbocycles. The van der Waals surface area contributed by atoms with Gasteiger partial charge in [0, 0.05) is 30.9 Å². The van der Waals surface area contributed by atoms with Crippen molar-refractivity contribution in [3.05, 3.63) is 29.8 Å². The van der Waals surface area contributed by atoms with Crippen molar-refractivity contribution in [2.45, 2.75) is 39.3 Å². The van der Waals surface area contributed by atoms with Gasteiger partial charge < -0.3 is 10.2 Å². The zero-order valence-electron chi connectivity index (χ0n) is 10.5. The molecule has 2 rings (SSSR count). The molecule has 0 amide bonds. The third-order valence-electron chi connectivity index (χ3n) is 3.47. The van der Waals surface area contributed by atoms with Gasteiger partial charge in [-0.05, 0) is 38.0 Å². The standard InChI is InChI=1S/C14H22N2/c1-4-13-5-7-14(8-6-13)16-11(2)9-15-10-12(16)3/h5-8,11-12,15H,4,9-10H2,1-3H3. The highest BCUT2D eigenvalue weighted by molar-refractivity contribution is 5.50. The molecule has 0 saturated carbocycles. The fourth-order valence-corrected chi connectivity index (χ4v) is 2.54. The molecule has 1 aliphatic rings. The maximum absolute atomic E-state index is 3.46. The number of hydrogen-bond acceptors (Lipinski definition) is 2. The lowest BCUT2D eigenvalue weighted by atomic mass is 10.1. The second kappa shape index (κ2) is 4.88. The molecule has 1 heterocycles. The Morgan fingerprint density at radius 1 is 1.12 bits per heavy atom. The zero-order chi connectivity index (χ0) is 11.5. The summed E-state index contributed by atoms with van der Waals surface area (Å²) in [6.07, 6.45) is 1.12. The summed E-state index contributed by atoms with van der Waals surface area (Å²) in [5.41, 5.74) is 2.78. The third-order valence-corrected chi connectivity index (χ3v) is 3.47. The van der Waals surface area contributed by atoms with Crippen LogP contribution in [-0.4, -0.2) is 25.2 Å². The fraction of sp³-hybridized carbons (Fsp3) is 0.571. The van der Waals surface area contributed by atoms with Gasteiger partial charge in [0.05, 0.1) is 0 Å². The number of nitrogens with zero attached hydrogens (tertiary/aromatic N) is 1. The van der Waals surface area contributed by atoms with Gasteiger partial charge in [0.15, 0.2) is 0 Å². The minimum atomic E-state index is 0.580. The number of nitrogens with one attached hydrogen (secondary N) is 1. The number of rotatable bonds is 2. The maximum atomic E-state index is 3.46. The molecule has 88 valence electrons. The van der Waals surface area contributed by atoms with Crippen molar-refractivity contribution >= 4 is 5.69 Å². The van der Waals surface area contributed by atoms with Crippen LogP contribution in [0, 0.1) is 0 Å². The Balaban J connectivity index is 2.20. The molecule has 1 aliphatic heterocycles. The van der Waals surface area contributed by atoms with E-state index in [1.54, 1.807) is 0 Å². The monoisotopic (exact) mass is 218 g/mol. The van der Waals surface area contributed by atoms with Crippen LogP contribution in [0.4, 0.5) is 5.69 Å². The van der Waals surface area contributed by atoms with Gasteiger partial charge in [-0.15, -0.1) is 0 Å². The smallest absolute Gasteiger partial charge is 0.0389 e. The highest BCUT2D eigenvalue weighted by Crippen LogP contribution is 2.22. The molecule has 1 fully saturated rings. The van der Waals surface area contributed by atoms with Gasteiger partial charge in [-0.1, -0.05) is 19.1 Å². The summed E-state index contributed by atoms with van der Waals surface area (Å²) in [5, 5.41) is 3.46. The Morgan fingerprint density at radius 2 is 1.69 bits per heavy atom. The van der Waals surface area contributed by atoms with Crippen LogP contribution in [0.5, 0.6) is 0 Å². The lowest BCUT2D eigenvalue weighted by Crippen LogP contribution is -2.55. The fourth-order valence-electron chi connectivity index (χ4n) is 2.54. The highest BCUT2D eigenvalue weighted by atomic mass is 15.2. The lowest BCUT2D eigenvalue weighted by molar-refractivity contribution is 0.432. The molecule has 2 unspecified atom stereocenters. The summed E-state index contributed by atoms with van der Waals surface area (Å²) < 4.78 is 0. The Bertz CT molecular complexity index is 321. The molecule has 2 nitrogen and oxygen atoms in total. The zero-order valence-corrected chi connectivity index (χ0v) is 10.5. The van der Waals surface area contributed by atoms with Crippen molar-refractivity contribution in [1.82, 2.24) is 5.32 Å². The molecule has 0 spiro atoms. The predicted molar refractivity (Wildman–Crippen MR) is 70.1 cm³/mol. The molecule has 0 radical (unpaired) electrons. The van der Waals surface area contributed by atoms with Crippen molar-refractivity contribution in [3.63, 3.8) is 0 Å². The highest BCUT2D eigenvalue weighted by Gasteiger charge is 2.24. The van der Waals surface area contributed by atoms with Gasteiger partial charge in [0.2, 0.25) is 0 Å². The average Bonchev–Trinajstić information content (AvgIpc) is 2.30. The second-order valence-corrected chi connectivity index (χ2v) is 4.78. The van der Waals surface area contributed by atoms with Crippen LogP contribution in [0.2, 0.25) is 0 Å². The first-order valence-corrected chi connectivity index (χ1v) is 6.30. The Hall–Kier alpha value is -1.02. The first-order valence-electron chi connectivity index (χ1n) is 6.30. The summed E-state index contributed by atoms with van der Waals surface area (Å²) >= 11 is 0. The van der Waals surface area contributed by atoms with Gasteiger partial charge in [0.1, 0.15) is 0 Å². The number of hydrogen-bond donors (Lipinski definition) is 1. The molecule has 0 aromatic heterocycles. The second-order valence-electron chi connectivity index (χ2n) is 4.78. The number of anilines is 1. The van der Waals surface area contributed by atoms with Crippen LogP contribution in [0.15, 0.2) is 24.3 Å². The Labute approximate surface area is 98.7 Å². The van der Waals surface area contributed by atoms with Crippen molar-refractivity contribution in [2.75, 3.05) is 18.0 Å². The SMILES string of the molecule is CCc1ccc(N2C(C)CNCC2C)cc1. The molecule has 1 aromatic rings. The molecule has 0 bridgehead atoms. The quantitative estimate of drug-likeness (QED) is 0.820. The minimum Gasteiger partial charge on any atom is -0.364 e. The predicted octanol–water partition coefficient (Wildman–Crippen LogP) is 2.44. The van der Waals surface area contributed by atoms with E-state index < -0.39 is 0 Å². The molecule has 2 heteroatoms. The van der Waals surface area contributed by atoms with Crippen molar-refractivity contribution in [1.29, 1.82) is 0 Å². The Morgan fingerprint density at radius 3 is 2.19 bits per heavy atom. The van der Waals surface area contributed by atoms with E-state index in [1.165, 1.54) is 11.3 Å². The molecule has 16 heavy (non-hydrogen) atoms. The van der Waals surface area contributed by atoms with E-state index in [2.05, 4.69) is 55.3 Å². The van der Waals surface area contributed by atoms with E-state index in [4.69, 9.17) is 0 Å². The lowest BCUT2D eigenvalue weighted by Gasteiger charge is -2.41. The molecular weight excluding hydrogens is 196 g/mol. The van der Waals surface area contributed by atoms with E-state index >= 15 is 0 Å². The number of benzene rings is 1. The number of aryl methyl sites for hydroxylation is 1. The molecule has 1 saturated heterocycles. The van der Waals surface area contributed by atoms with Gasteiger partial charge in [-0.25, -0.2) is 0 Å². The first-order chi connectivity index (χ1) is 7.72. The Kier molecular flexibility index (Phi) is 3.49. The summed E-state index contributed by atoms with van der Waals surface area (Å²) in [6, 6.07) is 10.2. The van der Waals surface area contributed by atoms with Gasteiger partial charge in [0.25, 0.3) is 0 Å². The summed E-state index contributed by atoms with van der Waals surface area (Å²) in [6.45, 7) is 8.94. The largest absolute Gasteiger partial charge is 0.364 e. The van der Waals surface area contributed by atoms with Gasteiger partial charge in [-0.2, -0.15) is 0 Å². The van der Waals surface area contributed by atoms with Gasteiger partial charge >= 0.3 is 0 Å². The van der Waals surface area contributed by atoms with E-state index in [9.17, 15) is 0 Å². The van der Waals surface area contributed by atoms with Crippen molar-refractivity contribution in [2.24, 2.45) is 0 Å². The van der Waals surface area contributed by atoms with Crippen LogP contribution < -0.4 is 10.2 Å². The summed E-state index contributed by atoms with van der Waals surface area (Å²) in [5.74, 6) is 0. The van der Waals surface area contributed by atoms with Crippen LogP contribution >= 0.6 is 0 Å². The van der Waals surface area contributed by atoms with E-state index in [0.717, 1.165) is 19.5 Å². The van der Waals surface area contributed by atoms with E-state index in [-0.39, 0.29) is 0 Å². The van der Waals surface area contributed by atoms with Gasteiger partial charge in [-0.3, -0.25) is 0 Å². The summed E-state index contributed by atoms with van der Waals surface area (Å²) in [7, 11) is 0. The topological polar surface area (TPSA) is 15.3 Å². The molecular formula is C14H22N2. The average molecular weight is 218 g/mol. The maximum Gasteiger partial charge on any atom is 0.0389 e. The molecule has 2 atom stereocenters. The van der Waals surface area contributed by atoms with Crippen LogP contribution in [0.25, 0.3) is 0 Å². The third kappa shape index (κ3) is 2.22. The minimum absolute atomic E-state index is 0.580. The molecule has 1 N–H and O–H groups in total. The normalized spacial score (nSPS) is 25.8. The van der Waals surface area contributed by atoms with Crippen molar-refractivity contribution < 1.29 is 0 Å².